The number of piperazine rings is 1. The molecule has 2 rings (SSSR count). The SMILES string of the molecule is CCCCCOc1ccc(OCCCN2CCN(C(=O)OCC)CC2)cc1. The summed E-state index contributed by atoms with van der Waals surface area (Å²) < 4.78 is 16.6. The zero-order valence-electron chi connectivity index (χ0n) is 16.8. The third kappa shape index (κ3) is 8.08. The molecule has 0 saturated carbocycles. The topological polar surface area (TPSA) is 51.2 Å². The van der Waals surface area contributed by atoms with Gasteiger partial charge in [0.2, 0.25) is 0 Å². The number of hydrogen-bond donors (Lipinski definition) is 0. The molecule has 0 atom stereocenters. The van der Waals surface area contributed by atoms with Gasteiger partial charge in [0.05, 0.1) is 19.8 Å². The fraction of sp³-hybridized carbons (Fsp3) is 0.667. The Morgan fingerprint density at radius 3 is 2.04 bits per heavy atom. The largest absolute Gasteiger partial charge is 0.494 e. The van der Waals surface area contributed by atoms with E-state index in [0.717, 1.165) is 63.7 Å². The molecule has 6 nitrogen and oxygen atoms in total. The number of carbonyl (C=O) groups is 1. The molecule has 0 unspecified atom stereocenters. The predicted octanol–water partition coefficient (Wildman–Crippen LogP) is 3.80. The molecule has 0 radical (unpaired) electrons. The average Bonchev–Trinajstić information content (AvgIpc) is 2.70. The van der Waals surface area contributed by atoms with Gasteiger partial charge in [-0.15, -0.1) is 0 Å². The van der Waals surface area contributed by atoms with Crippen molar-refractivity contribution in [3.8, 4) is 11.5 Å². The van der Waals surface area contributed by atoms with Gasteiger partial charge in [0.15, 0.2) is 0 Å². The predicted molar refractivity (Wildman–Crippen MR) is 107 cm³/mol. The van der Waals surface area contributed by atoms with Crippen LogP contribution in [0.3, 0.4) is 0 Å². The van der Waals surface area contributed by atoms with Gasteiger partial charge in [0, 0.05) is 32.7 Å². The Hall–Kier alpha value is -1.95. The van der Waals surface area contributed by atoms with E-state index in [2.05, 4.69) is 11.8 Å². The smallest absolute Gasteiger partial charge is 0.409 e. The maximum Gasteiger partial charge on any atom is 0.409 e. The number of benzene rings is 1. The van der Waals surface area contributed by atoms with E-state index in [1.807, 2.05) is 31.2 Å². The zero-order valence-corrected chi connectivity index (χ0v) is 16.8. The summed E-state index contributed by atoms with van der Waals surface area (Å²) in [7, 11) is 0. The van der Waals surface area contributed by atoms with Crippen LogP contribution in [0.2, 0.25) is 0 Å². The normalized spacial score (nSPS) is 14.8. The molecule has 0 spiro atoms. The van der Waals surface area contributed by atoms with Crippen molar-refractivity contribution in [3.05, 3.63) is 24.3 Å². The lowest BCUT2D eigenvalue weighted by Crippen LogP contribution is -2.49. The second kappa shape index (κ2) is 12.4. The molecular formula is C21H34N2O4. The van der Waals surface area contributed by atoms with Gasteiger partial charge >= 0.3 is 6.09 Å². The fourth-order valence-electron chi connectivity index (χ4n) is 3.02. The third-order valence-corrected chi connectivity index (χ3v) is 4.63. The lowest BCUT2D eigenvalue weighted by Gasteiger charge is -2.33. The molecule has 1 aliphatic heterocycles. The van der Waals surface area contributed by atoms with Crippen molar-refractivity contribution in [1.82, 2.24) is 9.80 Å². The van der Waals surface area contributed by atoms with Crippen LogP contribution in [-0.4, -0.2) is 68.4 Å². The molecule has 1 aliphatic rings. The average molecular weight is 379 g/mol. The molecule has 152 valence electrons. The number of carbonyl (C=O) groups excluding carboxylic acids is 1. The van der Waals surface area contributed by atoms with E-state index in [1.54, 1.807) is 4.90 Å². The summed E-state index contributed by atoms with van der Waals surface area (Å²) in [5.74, 6) is 1.78. The molecule has 0 aliphatic carbocycles. The van der Waals surface area contributed by atoms with E-state index in [1.165, 1.54) is 12.8 Å². The van der Waals surface area contributed by atoms with E-state index in [-0.39, 0.29) is 6.09 Å². The lowest BCUT2D eigenvalue weighted by molar-refractivity contribution is 0.0782. The van der Waals surface area contributed by atoms with Crippen molar-refractivity contribution in [2.24, 2.45) is 0 Å². The fourth-order valence-corrected chi connectivity index (χ4v) is 3.02. The first-order valence-corrected chi connectivity index (χ1v) is 10.2. The van der Waals surface area contributed by atoms with Gasteiger partial charge in [-0.05, 0) is 44.0 Å². The molecule has 1 heterocycles. The second-order valence-corrected chi connectivity index (χ2v) is 6.76. The van der Waals surface area contributed by atoms with Crippen LogP contribution in [0.1, 0.15) is 39.5 Å². The molecule has 1 aromatic carbocycles. The van der Waals surface area contributed by atoms with Gasteiger partial charge in [0.25, 0.3) is 0 Å². The first-order valence-electron chi connectivity index (χ1n) is 10.2. The quantitative estimate of drug-likeness (QED) is 0.548. The minimum atomic E-state index is -0.196. The highest BCUT2D eigenvalue weighted by Gasteiger charge is 2.21. The van der Waals surface area contributed by atoms with E-state index >= 15 is 0 Å². The molecular weight excluding hydrogens is 344 g/mol. The first-order chi connectivity index (χ1) is 13.2. The van der Waals surface area contributed by atoms with Gasteiger partial charge < -0.3 is 19.1 Å². The Kier molecular flexibility index (Phi) is 9.84. The monoisotopic (exact) mass is 378 g/mol. The summed E-state index contributed by atoms with van der Waals surface area (Å²) in [4.78, 5) is 15.8. The Bertz CT molecular complexity index is 527. The maximum absolute atomic E-state index is 11.7. The molecule has 6 heteroatoms. The summed E-state index contributed by atoms with van der Waals surface area (Å²) in [6.45, 7) is 10.2. The van der Waals surface area contributed by atoms with Crippen LogP contribution in [0.5, 0.6) is 11.5 Å². The minimum absolute atomic E-state index is 0.196. The van der Waals surface area contributed by atoms with Gasteiger partial charge in [-0.25, -0.2) is 4.79 Å². The van der Waals surface area contributed by atoms with Crippen molar-refractivity contribution >= 4 is 6.09 Å². The van der Waals surface area contributed by atoms with Crippen LogP contribution in [0, 0.1) is 0 Å². The molecule has 1 aromatic rings. The van der Waals surface area contributed by atoms with Crippen molar-refractivity contribution < 1.29 is 19.0 Å². The summed E-state index contributed by atoms with van der Waals surface area (Å²) in [5, 5.41) is 0. The zero-order chi connectivity index (χ0) is 19.3. The van der Waals surface area contributed by atoms with E-state index < -0.39 is 0 Å². The molecule has 0 N–H and O–H groups in total. The molecule has 1 fully saturated rings. The Labute approximate surface area is 163 Å². The second-order valence-electron chi connectivity index (χ2n) is 6.76. The van der Waals surface area contributed by atoms with Crippen molar-refractivity contribution in [1.29, 1.82) is 0 Å². The number of unbranched alkanes of at least 4 members (excludes halogenated alkanes) is 2. The number of ether oxygens (including phenoxy) is 3. The molecule has 1 amide bonds. The van der Waals surface area contributed by atoms with Crippen molar-refractivity contribution in [2.45, 2.75) is 39.5 Å². The highest BCUT2D eigenvalue weighted by molar-refractivity contribution is 5.67. The number of rotatable bonds is 11. The van der Waals surface area contributed by atoms with Crippen LogP contribution in [0.15, 0.2) is 24.3 Å². The van der Waals surface area contributed by atoms with E-state index in [0.29, 0.717) is 13.2 Å². The van der Waals surface area contributed by atoms with Crippen LogP contribution in [0.4, 0.5) is 4.79 Å². The van der Waals surface area contributed by atoms with Crippen molar-refractivity contribution in [2.75, 3.05) is 52.5 Å². The van der Waals surface area contributed by atoms with Crippen LogP contribution in [-0.2, 0) is 4.74 Å². The summed E-state index contributed by atoms with van der Waals surface area (Å²) >= 11 is 0. The van der Waals surface area contributed by atoms with Crippen LogP contribution < -0.4 is 9.47 Å². The molecule has 0 bridgehead atoms. The van der Waals surface area contributed by atoms with Gasteiger partial charge in [-0.1, -0.05) is 19.8 Å². The highest BCUT2D eigenvalue weighted by atomic mass is 16.6. The summed E-state index contributed by atoms with van der Waals surface area (Å²) in [6.07, 6.45) is 4.28. The van der Waals surface area contributed by atoms with Crippen molar-refractivity contribution in [3.63, 3.8) is 0 Å². The molecule has 0 aromatic heterocycles. The Morgan fingerprint density at radius 1 is 0.889 bits per heavy atom. The first kappa shape index (κ1) is 21.4. The van der Waals surface area contributed by atoms with Gasteiger partial charge in [-0.3, -0.25) is 4.90 Å². The minimum Gasteiger partial charge on any atom is -0.494 e. The lowest BCUT2D eigenvalue weighted by atomic mass is 10.3. The standard InChI is InChI=1S/C21H34N2O4/c1-3-5-6-17-26-19-8-10-20(11-9-19)27-18-7-12-22-13-15-23(16-14-22)21(24)25-4-2/h8-11H,3-7,12-18H2,1-2H3. The van der Waals surface area contributed by atoms with Crippen LogP contribution >= 0.6 is 0 Å². The summed E-state index contributed by atoms with van der Waals surface area (Å²) in [5.41, 5.74) is 0. The van der Waals surface area contributed by atoms with E-state index in [4.69, 9.17) is 14.2 Å². The van der Waals surface area contributed by atoms with E-state index in [9.17, 15) is 4.79 Å². The molecule has 1 saturated heterocycles. The summed E-state index contributed by atoms with van der Waals surface area (Å²) in [6, 6.07) is 7.87. The highest BCUT2D eigenvalue weighted by Crippen LogP contribution is 2.18. The van der Waals surface area contributed by atoms with Gasteiger partial charge in [-0.2, -0.15) is 0 Å². The third-order valence-electron chi connectivity index (χ3n) is 4.63. The Morgan fingerprint density at radius 2 is 1.48 bits per heavy atom. The molecule has 27 heavy (non-hydrogen) atoms. The number of amides is 1. The maximum atomic E-state index is 11.7. The van der Waals surface area contributed by atoms with Crippen LogP contribution in [0.25, 0.3) is 0 Å². The Balaban J connectivity index is 1.56. The number of nitrogens with zero attached hydrogens (tertiary/aromatic N) is 2. The number of hydrogen-bond acceptors (Lipinski definition) is 5. The van der Waals surface area contributed by atoms with Gasteiger partial charge in [0.1, 0.15) is 11.5 Å².